The third-order valence-corrected chi connectivity index (χ3v) is 3.74. The molecule has 0 heterocycles. The number of hydrogen-bond acceptors (Lipinski definition) is 4. The summed E-state index contributed by atoms with van der Waals surface area (Å²) in [4.78, 5) is 4.17. The standard InChI is InChI=1S/C7H14O4S/c1-10-11-12(8,9)7-5-3-2-4-6-7/h7H,2-6H2,1H3. The van der Waals surface area contributed by atoms with E-state index in [0.29, 0.717) is 12.8 Å². The highest BCUT2D eigenvalue weighted by atomic mass is 32.2. The van der Waals surface area contributed by atoms with E-state index in [0.717, 1.165) is 19.3 Å². The molecule has 1 rings (SSSR count). The molecule has 1 aliphatic carbocycles. The van der Waals surface area contributed by atoms with E-state index in [2.05, 4.69) is 9.22 Å². The summed E-state index contributed by atoms with van der Waals surface area (Å²) < 4.78 is 26.7. The molecular weight excluding hydrogens is 180 g/mol. The molecule has 0 radical (unpaired) electrons. The average molecular weight is 194 g/mol. The van der Waals surface area contributed by atoms with Crippen LogP contribution in [-0.2, 0) is 19.3 Å². The summed E-state index contributed by atoms with van der Waals surface area (Å²) in [6.07, 6.45) is 4.46. The Balaban J connectivity index is 2.54. The summed E-state index contributed by atoms with van der Waals surface area (Å²) in [5.74, 6) is 0. The van der Waals surface area contributed by atoms with Gasteiger partial charge in [-0.1, -0.05) is 19.3 Å². The second-order valence-corrected chi connectivity index (χ2v) is 4.78. The molecule has 0 spiro atoms. The van der Waals surface area contributed by atoms with E-state index in [1.54, 1.807) is 0 Å². The molecule has 0 bridgehead atoms. The van der Waals surface area contributed by atoms with Gasteiger partial charge in [-0.25, -0.2) is 4.89 Å². The van der Waals surface area contributed by atoms with Crippen LogP contribution in [0.25, 0.3) is 0 Å². The molecule has 1 fully saturated rings. The van der Waals surface area contributed by atoms with Crippen LogP contribution in [0.2, 0.25) is 0 Å². The molecular formula is C7H14O4S. The Morgan fingerprint density at radius 3 is 2.25 bits per heavy atom. The molecule has 0 N–H and O–H groups in total. The Morgan fingerprint density at radius 1 is 1.17 bits per heavy atom. The van der Waals surface area contributed by atoms with E-state index in [1.807, 2.05) is 0 Å². The molecule has 0 amide bonds. The SMILES string of the molecule is COOS(=O)(=O)C1CCCCC1. The lowest BCUT2D eigenvalue weighted by atomic mass is 10.0. The molecule has 0 aromatic rings. The first-order valence-corrected chi connectivity index (χ1v) is 5.60. The van der Waals surface area contributed by atoms with Gasteiger partial charge >= 0.3 is 0 Å². The van der Waals surface area contributed by atoms with Crippen molar-refractivity contribution in [1.29, 1.82) is 0 Å². The van der Waals surface area contributed by atoms with E-state index >= 15 is 0 Å². The Kier molecular flexibility index (Phi) is 3.49. The Labute approximate surface area is 72.9 Å². The second kappa shape index (κ2) is 4.20. The molecule has 0 saturated heterocycles. The normalized spacial score (nSPS) is 21.1. The Morgan fingerprint density at radius 2 is 1.75 bits per heavy atom. The van der Waals surface area contributed by atoms with Crippen molar-refractivity contribution in [2.45, 2.75) is 37.4 Å². The minimum atomic E-state index is -3.46. The first-order chi connectivity index (χ1) is 5.67. The molecule has 0 aliphatic heterocycles. The van der Waals surface area contributed by atoms with Crippen LogP contribution in [-0.4, -0.2) is 20.8 Å². The fourth-order valence-electron chi connectivity index (χ4n) is 1.50. The van der Waals surface area contributed by atoms with Crippen molar-refractivity contribution in [3.63, 3.8) is 0 Å². The van der Waals surface area contributed by atoms with E-state index in [4.69, 9.17) is 0 Å². The highest BCUT2D eigenvalue weighted by Crippen LogP contribution is 2.24. The van der Waals surface area contributed by atoms with Gasteiger partial charge in [-0.15, -0.1) is 4.33 Å². The molecule has 4 nitrogen and oxygen atoms in total. The van der Waals surface area contributed by atoms with Gasteiger partial charge in [-0.3, -0.25) is 0 Å². The lowest BCUT2D eigenvalue weighted by molar-refractivity contribution is -0.173. The smallest absolute Gasteiger partial charge is 0.223 e. The molecule has 0 unspecified atom stereocenters. The van der Waals surface area contributed by atoms with Gasteiger partial charge in [0, 0.05) is 0 Å². The quantitative estimate of drug-likeness (QED) is 0.501. The molecule has 1 aliphatic rings. The van der Waals surface area contributed by atoms with Crippen LogP contribution in [0.5, 0.6) is 0 Å². The van der Waals surface area contributed by atoms with Crippen molar-refractivity contribution in [3.05, 3.63) is 0 Å². The second-order valence-electron chi connectivity index (χ2n) is 2.99. The lowest BCUT2D eigenvalue weighted by Crippen LogP contribution is -2.25. The van der Waals surface area contributed by atoms with Crippen molar-refractivity contribution >= 4 is 10.1 Å². The topological polar surface area (TPSA) is 52.6 Å². The summed E-state index contributed by atoms with van der Waals surface area (Å²) in [5.41, 5.74) is 0. The number of hydrogen-bond donors (Lipinski definition) is 0. The van der Waals surface area contributed by atoms with Crippen LogP contribution in [0.4, 0.5) is 0 Å². The molecule has 5 heteroatoms. The maximum Gasteiger partial charge on any atom is 0.296 e. The molecule has 0 atom stereocenters. The van der Waals surface area contributed by atoms with E-state index in [-0.39, 0.29) is 5.25 Å². The summed E-state index contributed by atoms with van der Waals surface area (Å²) in [5, 5.41) is -0.355. The van der Waals surface area contributed by atoms with Crippen molar-refractivity contribution in [2.24, 2.45) is 0 Å². The van der Waals surface area contributed by atoms with Gasteiger partial charge < -0.3 is 0 Å². The van der Waals surface area contributed by atoms with Gasteiger partial charge in [0.25, 0.3) is 10.1 Å². The summed E-state index contributed by atoms with van der Waals surface area (Å²) >= 11 is 0. The highest BCUT2D eigenvalue weighted by Gasteiger charge is 2.28. The molecule has 1 saturated carbocycles. The van der Waals surface area contributed by atoms with Crippen molar-refractivity contribution in [1.82, 2.24) is 0 Å². The minimum absolute atomic E-state index is 0.355. The van der Waals surface area contributed by atoms with Gasteiger partial charge in [-0.05, 0) is 12.8 Å². The Bertz CT molecular complexity index is 216. The summed E-state index contributed by atoms with van der Waals surface area (Å²) in [7, 11) is -2.25. The van der Waals surface area contributed by atoms with Crippen LogP contribution in [0, 0.1) is 0 Å². The predicted octanol–water partition coefficient (Wildman–Crippen LogP) is 1.23. The van der Waals surface area contributed by atoms with Crippen LogP contribution in [0.15, 0.2) is 0 Å². The highest BCUT2D eigenvalue weighted by molar-refractivity contribution is 7.87. The maximum atomic E-state index is 11.2. The zero-order valence-corrected chi connectivity index (χ0v) is 7.97. The first kappa shape index (κ1) is 9.95. The summed E-state index contributed by atoms with van der Waals surface area (Å²) in [6, 6.07) is 0. The van der Waals surface area contributed by atoms with E-state index < -0.39 is 10.1 Å². The molecule has 0 aromatic carbocycles. The third-order valence-electron chi connectivity index (χ3n) is 2.12. The van der Waals surface area contributed by atoms with Crippen LogP contribution in [0.1, 0.15) is 32.1 Å². The van der Waals surface area contributed by atoms with E-state index in [1.165, 1.54) is 7.11 Å². The lowest BCUT2D eigenvalue weighted by Gasteiger charge is -2.19. The zero-order chi connectivity index (χ0) is 9.03. The third kappa shape index (κ3) is 2.43. The molecule has 72 valence electrons. The monoisotopic (exact) mass is 194 g/mol. The van der Waals surface area contributed by atoms with Gasteiger partial charge in [0.2, 0.25) is 0 Å². The van der Waals surface area contributed by atoms with E-state index in [9.17, 15) is 8.42 Å². The summed E-state index contributed by atoms with van der Waals surface area (Å²) in [6.45, 7) is 0. The fourth-order valence-corrected chi connectivity index (χ4v) is 2.72. The van der Waals surface area contributed by atoms with Crippen LogP contribution < -0.4 is 0 Å². The zero-order valence-electron chi connectivity index (χ0n) is 7.15. The first-order valence-electron chi connectivity index (χ1n) is 4.13. The molecule has 12 heavy (non-hydrogen) atoms. The minimum Gasteiger partial charge on any atom is -0.223 e. The predicted molar refractivity (Wildman–Crippen MR) is 43.9 cm³/mol. The number of rotatable bonds is 3. The van der Waals surface area contributed by atoms with Crippen molar-refractivity contribution in [3.8, 4) is 0 Å². The van der Waals surface area contributed by atoms with Crippen LogP contribution in [0.3, 0.4) is 0 Å². The van der Waals surface area contributed by atoms with Gasteiger partial charge in [0.15, 0.2) is 0 Å². The van der Waals surface area contributed by atoms with Gasteiger partial charge in [0.1, 0.15) is 0 Å². The maximum absolute atomic E-state index is 11.2. The average Bonchev–Trinajstić information content (AvgIpc) is 2.06. The largest absolute Gasteiger partial charge is 0.296 e. The van der Waals surface area contributed by atoms with Gasteiger partial charge in [-0.2, -0.15) is 8.42 Å². The molecule has 0 aromatic heterocycles. The fraction of sp³-hybridized carbons (Fsp3) is 1.00. The van der Waals surface area contributed by atoms with Crippen LogP contribution >= 0.6 is 0 Å². The van der Waals surface area contributed by atoms with Gasteiger partial charge in [0.05, 0.1) is 12.4 Å². The van der Waals surface area contributed by atoms with Crippen molar-refractivity contribution < 1.29 is 17.6 Å². The Hall–Kier alpha value is -0.130. The van der Waals surface area contributed by atoms with Crippen molar-refractivity contribution in [2.75, 3.05) is 7.11 Å².